The molecule has 12 heavy (non-hydrogen) atoms. The third-order valence-corrected chi connectivity index (χ3v) is 3.05. The summed E-state index contributed by atoms with van der Waals surface area (Å²) >= 11 is 0. The van der Waals surface area contributed by atoms with Crippen molar-refractivity contribution < 1.29 is 0 Å². The average molecular weight is 165 g/mol. The zero-order chi connectivity index (χ0) is 8.60. The molecule has 1 aromatic rings. The molecule has 0 saturated heterocycles. The van der Waals surface area contributed by atoms with Crippen molar-refractivity contribution in [1.82, 2.24) is 9.97 Å². The number of aromatic amines is 1. The molecule has 0 aromatic carbocycles. The summed E-state index contributed by atoms with van der Waals surface area (Å²) in [6.07, 6.45) is 7.11. The minimum atomic E-state index is -0.191. The summed E-state index contributed by atoms with van der Waals surface area (Å²) in [5, 5.41) is 0. The van der Waals surface area contributed by atoms with Crippen molar-refractivity contribution >= 4 is 0 Å². The molecule has 1 aromatic heterocycles. The van der Waals surface area contributed by atoms with Gasteiger partial charge in [-0.2, -0.15) is 0 Å². The molecular formula is C9H15N3. The Morgan fingerprint density at radius 1 is 1.75 bits per heavy atom. The van der Waals surface area contributed by atoms with Gasteiger partial charge >= 0.3 is 0 Å². The predicted molar refractivity (Wildman–Crippen MR) is 47.5 cm³/mol. The first-order valence-electron chi connectivity index (χ1n) is 4.52. The van der Waals surface area contributed by atoms with Crippen LogP contribution in [-0.2, 0) is 5.54 Å². The number of H-pyrrole nitrogens is 1. The van der Waals surface area contributed by atoms with Gasteiger partial charge < -0.3 is 10.7 Å². The van der Waals surface area contributed by atoms with Gasteiger partial charge in [0.1, 0.15) is 5.82 Å². The average Bonchev–Trinajstić information content (AvgIpc) is 2.62. The number of hydrogen-bond donors (Lipinski definition) is 2. The van der Waals surface area contributed by atoms with E-state index in [0.717, 1.165) is 12.2 Å². The molecule has 0 bridgehead atoms. The fraction of sp³-hybridized carbons (Fsp3) is 0.667. The van der Waals surface area contributed by atoms with Crippen LogP contribution in [0.2, 0.25) is 0 Å². The molecule has 3 nitrogen and oxygen atoms in total. The molecule has 0 spiro atoms. The molecule has 1 heterocycles. The Labute approximate surface area is 72.4 Å². The summed E-state index contributed by atoms with van der Waals surface area (Å²) in [6.45, 7) is 2.20. The standard InChI is InChI=1S/C9H15N3/c1-7-3-2-4-9(7,10)8-11-5-6-12-8/h5-7H,2-4,10H2,1H3,(H,11,12)/t7-,9-/m0/s1. The Hall–Kier alpha value is -0.830. The molecule has 1 aliphatic carbocycles. The molecule has 3 heteroatoms. The molecule has 0 aliphatic heterocycles. The summed E-state index contributed by atoms with van der Waals surface area (Å²) in [6, 6.07) is 0. The number of hydrogen-bond acceptors (Lipinski definition) is 2. The van der Waals surface area contributed by atoms with Crippen LogP contribution in [0, 0.1) is 5.92 Å². The molecule has 3 N–H and O–H groups in total. The van der Waals surface area contributed by atoms with E-state index < -0.39 is 0 Å². The summed E-state index contributed by atoms with van der Waals surface area (Å²) in [7, 11) is 0. The Morgan fingerprint density at radius 2 is 2.58 bits per heavy atom. The smallest absolute Gasteiger partial charge is 0.126 e. The van der Waals surface area contributed by atoms with Crippen molar-refractivity contribution in [2.45, 2.75) is 31.7 Å². The van der Waals surface area contributed by atoms with E-state index in [0.29, 0.717) is 5.92 Å². The van der Waals surface area contributed by atoms with Crippen LogP contribution in [0.4, 0.5) is 0 Å². The van der Waals surface area contributed by atoms with Crippen LogP contribution in [0.3, 0.4) is 0 Å². The molecule has 0 unspecified atom stereocenters. The topological polar surface area (TPSA) is 54.7 Å². The van der Waals surface area contributed by atoms with Crippen molar-refractivity contribution in [3.05, 3.63) is 18.2 Å². The van der Waals surface area contributed by atoms with E-state index in [1.807, 2.05) is 6.20 Å². The van der Waals surface area contributed by atoms with Crippen LogP contribution < -0.4 is 5.73 Å². The molecule has 1 saturated carbocycles. The summed E-state index contributed by atoms with van der Waals surface area (Å²) in [4.78, 5) is 7.35. The molecular weight excluding hydrogens is 150 g/mol. The maximum atomic E-state index is 6.27. The number of nitrogens with two attached hydrogens (primary N) is 1. The van der Waals surface area contributed by atoms with Gasteiger partial charge in [0.05, 0.1) is 5.54 Å². The van der Waals surface area contributed by atoms with Gasteiger partial charge in [0.15, 0.2) is 0 Å². The molecule has 1 aliphatic rings. The molecule has 0 amide bonds. The lowest BCUT2D eigenvalue weighted by Gasteiger charge is -2.26. The van der Waals surface area contributed by atoms with Gasteiger partial charge in [0.25, 0.3) is 0 Å². The van der Waals surface area contributed by atoms with E-state index in [1.165, 1.54) is 12.8 Å². The van der Waals surface area contributed by atoms with E-state index in [9.17, 15) is 0 Å². The number of aromatic nitrogens is 2. The lowest BCUT2D eigenvalue weighted by Crippen LogP contribution is -2.40. The van der Waals surface area contributed by atoms with Crippen LogP contribution in [0.15, 0.2) is 12.4 Å². The highest BCUT2D eigenvalue weighted by Crippen LogP contribution is 2.39. The van der Waals surface area contributed by atoms with E-state index in [-0.39, 0.29) is 5.54 Å². The molecule has 2 rings (SSSR count). The minimum absolute atomic E-state index is 0.191. The first-order chi connectivity index (χ1) is 5.73. The first-order valence-corrected chi connectivity index (χ1v) is 4.52. The third-order valence-electron chi connectivity index (χ3n) is 3.05. The molecule has 2 atom stereocenters. The SMILES string of the molecule is C[C@H]1CCC[C@@]1(N)c1ncc[nH]1. The van der Waals surface area contributed by atoms with Gasteiger partial charge in [-0.3, -0.25) is 0 Å². The number of nitrogens with zero attached hydrogens (tertiary/aromatic N) is 1. The Balaban J connectivity index is 2.32. The van der Waals surface area contributed by atoms with Crippen molar-refractivity contribution in [1.29, 1.82) is 0 Å². The van der Waals surface area contributed by atoms with Crippen LogP contribution >= 0.6 is 0 Å². The second kappa shape index (κ2) is 2.59. The first kappa shape index (κ1) is 7.80. The van der Waals surface area contributed by atoms with Gasteiger partial charge in [0.2, 0.25) is 0 Å². The molecule has 1 fully saturated rings. The highest BCUT2D eigenvalue weighted by molar-refractivity contribution is 5.09. The van der Waals surface area contributed by atoms with Crippen molar-refractivity contribution in [3.63, 3.8) is 0 Å². The van der Waals surface area contributed by atoms with E-state index in [4.69, 9.17) is 5.73 Å². The van der Waals surface area contributed by atoms with Crippen molar-refractivity contribution in [2.75, 3.05) is 0 Å². The second-order valence-corrected chi connectivity index (χ2v) is 3.77. The monoisotopic (exact) mass is 165 g/mol. The Bertz CT molecular complexity index is 255. The zero-order valence-electron chi connectivity index (χ0n) is 7.38. The lowest BCUT2D eigenvalue weighted by molar-refractivity contribution is 0.331. The molecule has 0 radical (unpaired) electrons. The van der Waals surface area contributed by atoms with Gasteiger partial charge in [-0.05, 0) is 18.8 Å². The minimum Gasteiger partial charge on any atom is -0.347 e. The van der Waals surface area contributed by atoms with Crippen molar-refractivity contribution in [2.24, 2.45) is 11.7 Å². The van der Waals surface area contributed by atoms with Crippen LogP contribution in [0.1, 0.15) is 32.0 Å². The quantitative estimate of drug-likeness (QED) is 0.660. The number of imidazole rings is 1. The van der Waals surface area contributed by atoms with Crippen LogP contribution in [0.25, 0.3) is 0 Å². The third kappa shape index (κ3) is 0.966. The fourth-order valence-corrected chi connectivity index (χ4v) is 2.08. The van der Waals surface area contributed by atoms with Gasteiger partial charge in [-0.15, -0.1) is 0 Å². The maximum Gasteiger partial charge on any atom is 0.126 e. The Kier molecular flexibility index (Phi) is 1.68. The second-order valence-electron chi connectivity index (χ2n) is 3.77. The predicted octanol–water partition coefficient (Wildman–Crippen LogP) is 1.38. The van der Waals surface area contributed by atoms with Crippen LogP contribution in [-0.4, -0.2) is 9.97 Å². The summed E-state index contributed by atoms with van der Waals surface area (Å²) < 4.78 is 0. The van der Waals surface area contributed by atoms with E-state index in [2.05, 4.69) is 16.9 Å². The van der Waals surface area contributed by atoms with Crippen LogP contribution in [0.5, 0.6) is 0 Å². The number of rotatable bonds is 1. The number of nitrogens with one attached hydrogen (secondary N) is 1. The molecule has 66 valence electrons. The lowest BCUT2D eigenvalue weighted by atomic mass is 9.89. The van der Waals surface area contributed by atoms with Crippen molar-refractivity contribution in [3.8, 4) is 0 Å². The fourth-order valence-electron chi connectivity index (χ4n) is 2.08. The summed E-state index contributed by atoms with van der Waals surface area (Å²) in [5.74, 6) is 1.50. The zero-order valence-corrected chi connectivity index (χ0v) is 7.38. The normalized spacial score (nSPS) is 35.7. The largest absolute Gasteiger partial charge is 0.347 e. The van der Waals surface area contributed by atoms with E-state index in [1.54, 1.807) is 6.20 Å². The van der Waals surface area contributed by atoms with E-state index >= 15 is 0 Å². The Morgan fingerprint density at radius 3 is 3.08 bits per heavy atom. The highest BCUT2D eigenvalue weighted by atomic mass is 15.0. The highest BCUT2D eigenvalue weighted by Gasteiger charge is 2.39. The summed E-state index contributed by atoms with van der Waals surface area (Å²) in [5.41, 5.74) is 6.08. The van der Waals surface area contributed by atoms with Gasteiger partial charge in [-0.25, -0.2) is 4.98 Å². The van der Waals surface area contributed by atoms with Gasteiger partial charge in [-0.1, -0.05) is 13.3 Å². The van der Waals surface area contributed by atoms with Gasteiger partial charge in [0, 0.05) is 12.4 Å². The maximum absolute atomic E-state index is 6.27.